The van der Waals surface area contributed by atoms with Crippen molar-refractivity contribution in [2.24, 2.45) is 5.10 Å². The number of aryl methyl sites for hydroxylation is 2. The summed E-state index contributed by atoms with van der Waals surface area (Å²) in [5.41, 5.74) is 5.78. The third kappa shape index (κ3) is 2.46. The molecule has 0 aliphatic carbocycles. The van der Waals surface area contributed by atoms with Gasteiger partial charge in [-0.2, -0.15) is 29.4 Å². The number of hydrogen-bond donors (Lipinski definition) is 0. The van der Waals surface area contributed by atoms with Gasteiger partial charge in [-0.3, -0.25) is 0 Å². The van der Waals surface area contributed by atoms with Gasteiger partial charge in [-0.25, -0.2) is 0 Å². The van der Waals surface area contributed by atoms with Crippen LogP contribution in [0.1, 0.15) is 15.3 Å². The Hall–Kier alpha value is -1.94. The molecule has 0 N–H and O–H groups in total. The van der Waals surface area contributed by atoms with Crippen LogP contribution >= 0.6 is 11.3 Å². The second kappa shape index (κ2) is 6.10. The number of nitrogens with zero attached hydrogens (tertiary/aromatic N) is 3. The SMILES string of the molecule is Cc1cc(N2[CH-]N3C(=N2)c2ccccc2-c2ccc[c-]c23)c(C)s1.[Ir]. The molecule has 5 heteroatoms. The Bertz CT molecular complexity index is 992. The smallest absolute Gasteiger partial charge is 0.127 e. The van der Waals surface area contributed by atoms with E-state index in [0.717, 1.165) is 22.8 Å². The van der Waals surface area contributed by atoms with Gasteiger partial charge in [0.1, 0.15) is 5.84 Å². The van der Waals surface area contributed by atoms with E-state index in [2.05, 4.69) is 67.9 Å². The van der Waals surface area contributed by atoms with Crippen LogP contribution in [-0.2, 0) is 20.1 Å². The van der Waals surface area contributed by atoms with E-state index in [1.807, 2.05) is 17.1 Å². The molecule has 0 unspecified atom stereocenters. The van der Waals surface area contributed by atoms with E-state index in [-0.39, 0.29) is 20.1 Å². The van der Waals surface area contributed by atoms with Crippen molar-refractivity contribution in [3.05, 3.63) is 76.6 Å². The predicted molar refractivity (Wildman–Crippen MR) is 100 cm³/mol. The summed E-state index contributed by atoms with van der Waals surface area (Å²) in [5.74, 6) is 0.962. The van der Waals surface area contributed by atoms with E-state index in [1.54, 1.807) is 11.3 Å². The maximum atomic E-state index is 4.90. The number of rotatable bonds is 1. The summed E-state index contributed by atoms with van der Waals surface area (Å²) in [6.45, 7) is 6.34. The van der Waals surface area contributed by atoms with Crippen LogP contribution in [0, 0.1) is 26.6 Å². The van der Waals surface area contributed by atoms with Gasteiger partial charge < -0.3 is 9.91 Å². The molecule has 3 nitrogen and oxygen atoms in total. The number of hydrogen-bond acceptors (Lipinski definition) is 4. The summed E-state index contributed by atoms with van der Waals surface area (Å²) in [4.78, 5) is 4.72. The molecule has 5 rings (SSSR count). The minimum Gasteiger partial charge on any atom is -0.476 e. The molecule has 0 bridgehead atoms. The summed E-state index contributed by atoms with van der Waals surface area (Å²) in [5, 5.41) is 6.89. The van der Waals surface area contributed by atoms with Crippen molar-refractivity contribution in [2.75, 3.05) is 9.91 Å². The number of para-hydroxylation sites is 1. The van der Waals surface area contributed by atoms with Crippen molar-refractivity contribution in [3.8, 4) is 11.1 Å². The van der Waals surface area contributed by atoms with Gasteiger partial charge in [0.05, 0.1) is 0 Å². The second-order valence-electron chi connectivity index (χ2n) is 6.03. The first-order valence-electron chi connectivity index (χ1n) is 7.92. The monoisotopic (exact) mass is 522 g/mol. The molecule has 2 aliphatic rings. The maximum Gasteiger partial charge on any atom is 0.127 e. The molecule has 0 saturated carbocycles. The van der Waals surface area contributed by atoms with Crippen LogP contribution in [0.4, 0.5) is 11.4 Å². The predicted octanol–water partition coefficient (Wildman–Crippen LogP) is 4.95. The van der Waals surface area contributed by atoms with E-state index in [9.17, 15) is 0 Å². The van der Waals surface area contributed by atoms with E-state index < -0.39 is 0 Å². The first-order chi connectivity index (χ1) is 11.7. The van der Waals surface area contributed by atoms with Crippen LogP contribution in [0.25, 0.3) is 11.1 Å². The van der Waals surface area contributed by atoms with Gasteiger partial charge in [0, 0.05) is 41.1 Å². The molecule has 1 radical (unpaired) electrons. The number of benzene rings is 2. The largest absolute Gasteiger partial charge is 0.476 e. The third-order valence-electron chi connectivity index (χ3n) is 4.45. The normalized spacial score (nSPS) is 14.4. The fraction of sp³-hybridized carbons (Fsp3) is 0.100. The molecule has 25 heavy (non-hydrogen) atoms. The van der Waals surface area contributed by atoms with Crippen LogP contribution in [0.2, 0.25) is 0 Å². The fourth-order valence-corrected chi connectivity index (χ4v) is 4.32. The molecule has 0 amide bonds. The minimum absolute atomic E-state index is 0. The number of hydrazone groups is 1. The zero-order chi connectivity index (χ0) is 16.3. The molecule has 127 valence electrons. The average Bonchev–Trinajstić information content (AvgIpc) is 3.18. The Morgan fingerprint density at radius 2 is 1.80 bits per heavy atom. The first kappa shape index (κ1) is 16.5. The molecule has 0 fully saturated rings. The van der Waals surface area contributed by atoms with E-state index >= 15 is 0 Å². The zero-order valence-corrected chi connectivity index (χ0v) is 17.0. The molecule has 0 spiro atoms. The summed E-state index contributed by atoms with van der Waals surface area (Å²) in [6, 6.07) is 20.2. The van der Waals surface area contributed by atoms with Crippen molar-refractivity contribution >= 4 is 28.5 Å². The zero-order valence-electron chi connectivity index (χ0n) is 13.8. The summed E-state index contributed by atoms with van der Waals surface area (Å²) in [7, 11) is 0. The molecule has 1 aromatic heterocycles. The Balaban J connectivity index is 0.00000157. The van der Waals surface area contributed by atoms with Gasteiger partial charge in [-0.15, -0.1) is 23.6 Å². The van der Waals surface area contributed by atoms with Crippen LogP contribution in [0.15, 0.2) is 53.6 Å². The fourth-order valence-electron chi connectivity index (χ4n) is 3.41. The van der Waals surface area contributed by atoms with Crippen molar-refractivity contribution < 1.29 is 20.1 Å². The van der Waals surface area contributed by atoms with Crippen molar-refractivity contribution in [1.82, 2.24) is 0 Å². The van der Waals surface area contributed by atoms with Gasteiger partial charge in [0.25, 0.3) is 0 Å². The van der Waals surface area contributed by atoms with E-state index in [1.165, 1.54) is 20.9 Å². The topological polar surface area (TPSA) is 18.8 Å². The molecule has 0 atom stereocenters. The molecular formula is C20H15IrN3S-2. The van der Waals surface area contributed by atoms with Gasteiger partial charge in [0.15, 0.2) is 0 Å². The number of thiophene rings is 1. The Labute approximate surface area is 164 Å². The Morgan fingerprint density at radius 3 is 2.56 bits per heavy atom. The van der Waals surface area contributed by atoms with E-state index in [4.69, 9.17) is 5.10 Å². The second-order valence-corrected chi connectivity index (χ2v) is 7.49. The third-order valence-corrected chi connectivity index (χ3v) is 5.41. The summed E-state index contributed by atoms with van der Waals surface area (Å²) < 4.78 is 0. The molecule has 3 aromatic rings. The quantitative estimate of drug-likeness (QED) is 0.422. The number of anilines is 2. The summed E-state index contributed by atoms with van der Waals surface area (Å²) in [6.07, 6.45) is 0. The molecule has 2 aliphatic heterocycles. The van der Waals surface area contributed by atoms with Crippen LogP contribution in [0.5, 0.6) is 0 Å². The number of amidine groups is 1. The number of fused-ring (bicyclic) bond motifs is 6. The van der Waals surface area contributed by atoms with E-state index in [0.29, 0.717) is 0 Å². The summed E-state index contributed by atoms with van der Waals surface area (Å²) >= 11 is 1.80. The van der Waals surface area contributed by atoms with Crippen LogP contribution in [-0.4, -0.2) is 5.84 Å². The average molecular weight is 522 g/mol. The van der Waals surface area contributed by atoms with Gasteiger partial charge in [0.2, 0.25) is 0 Å². The van der Waals surface area contributed by atoms with Crippen LogP contribution in [0.3, 0.4) is 0 Å². The maximum absolute atomic E-state index is 4.90. The van der Waals surface area contributed by atoms with Crippen molar-refractivity contribution in [3.63, 3.8) is 0 Å². The molecule has 2 aromatic carbocycles. The first-order valence-corrected chi connectivity index (χ1v) is 8.73. The Kier molecular flexibility index (Phi) is 4.03. The molecule has 0 saturated heterocycles. The molecular weight excluding hydrogens is 507 g/mol. The standard InChI is InChI=1S/C20H15N3S.Ir/c1-13-11-19(14(2)24-13)23-12-22-18-10-6-5-8-16(18)15-7-3-4-9-17(15)20(22)21-23;/h3-9,11-12H,1-2H3;/q-2;. The van der Waals surface area contributed by atoms with Gasteiger partial charge >= 0.3 is 0 Å². The van der Waals surface area contributed by atoms with Gasteiger partial charge in [-0.1, -0.05) is 35.5 Å². The molecule has 3 heterocycles. The van der Waals surface area contributed by atoms with Crippen LogP contribution < -0.4 is 9.91 Å². The van der Waals surface area contributed by atoms with Crippen molar-refractivity contribution in [1.29, 1.82) is 0 Å². The van der Waals surface area contributed by atoms with Gasteiger partial charge in [-0.05, 0) is 19.9 Å². The minimum atomic E-state index is 0. The Morgan fingerprint density at radius 1 is 1.04 bits per heavy atom. The van der Waals surface area contributed by atoms with Crippen molar-refractivity contribution in [2.45, 2.75) is 13.8 Å².